The Morgan fingerprint density at radius 3 is 2.61 bits per heavy atom. The Kier molecular flexibility index (Phi) is 2.70. The van der Waals surface area contributed by atoms with Crippen molar-refractivity contribution in [1.82, 2.24) is 5.32 Å². The first kappa shape index (κ1) is 11.8. The molecule has 18 heavy (non-hydrogen) atoms. The quantitative estimate of drug-likeness (QED) is 0.818. The average Bonchev–Trinajstić information content (AvgIpc) is 3.06. The number of nitrogens with one attached hydrogen (secondary N) is 1. The van der Waals surface area contributed by atoms with Crippen molar-refractivity contribution in [2.75, 3.05) is 13.1 Å². The highest BCUT2D eigenvalue weighted by Gasteiger charge is 2.57. The van der Waals surface area contributed by atoms with Gasteiger partial charge in [-0.2, -0.15) is 0 Å². The number of piperidine rings is 1. The Labute approximate surface area is 104 Å². The van der Waals surface area contributed by atoms with Gasteiger partial charge in [-0.1, -0.05) is 0 Å². The molecule has 1 aliphatic carbocycles. The normalized spacial score (nSPS) is 25.1. The van der Waals surface area contributed by atoms with Crippen LogP contribution in [0.1, 0.15) is 29.6 Å². The first-order valence-corrected chi connectivity index (χ1v) is 6.32. The predicted octanol–water partition coefficient (Wildman–Crippen LogP) is 2.54. The minimum atomic E-state index is -0.944. The van der Waals surface area contributed by atoms with Crippen LogP contribution in [0.4, 0.5) is 8.78 Å². The van der Waals surface area contributed by atoms with E-state index in [0.29, 0.717) is 5.56 Å². The molecule has 2 fully saturated rings. The van der Waals surface area contributed by atoms with Crippen LogP contribution in [-0.4, -0.2) is 18.9 Å². The molecular weight excluding hydrogens is 236 g/mol. The molecule has 1 atom stereocenters. The van der Waals surface area contributed by atoms with Crippen LogP contribution in [0.5, 0.6) is 0 Å². The van der Waals surface area contributed by atoms with Crippen LogP contribution in [0.3, 0.4) is 0 Å². The third-order valence-corrected chi connectivity index (χ3v) is 4.31. The van der Waals surface area contributed by atoms with Crippen LogP contribution < -0.4 is 5.32 Å². The number of carbonyl (C=O) groups is 1. The number of hydrogen-bond acceptors (Lipinski definition) is 2. The van der Waals surface area contributed by atoms with E-state index in [-0.39, 0.29) is 17.1 Å². The molecule has 1 aliphatic heterocycles. The number of carbonyl (C=O) groups excluding carboxylic acids is 1. The zero-order valence-electron chi connectivity index (χ0n) is 10.0. The molecule has 0 aromatic heterocycles. The van der Waals surface area contributed by atoms with E-state index >= 15 is 0 Å². The van der Waals surface area contributed by atoms with E-state index in [4.69, 9.17) is 0 Å². The standard InChI is InChI=1S/C14H15F2NO/c15-11-2-1-9(7-12(11)16)13(18)10-8-14(10)3-5-17-6-4-14/h1-2,7,10,17H,3-6,8H2. The Bertz CT molecular complexity index is 495. The molecule has 1 N–H and O–H groups in total. The number of hydrogen-bond donors (Lipinski definition) is 1. The second-order valence-electron chi connectivity index (χ2n) is 5.36. The maximum absolute atomic E-state index is 13.1. The Hall–Kier alpha value is -1.29. The third-order valence-electron chi connectivity index (χ3n) is 4.31. The molecular formula is C14H15F2NO. The maximum atomic E-state index is 13.1. The van der Waals surface area contributed by atoms with Crippen LogP contribution >= 0.6 is 0 Å². The summed E-state index contributed by atoms with van der Waals surface area (Å²) in [5.74, 6) is -1.87. The van der Waals surface area contributed by atoms with E-state index in [9.17, 15) is 13.6 Å². The van der Waals surface area contributed by atoms with Crippen molar-refractivity contribution in [3.05, 3.63) is 35.4 Å². The fraction of sp³-hybridized carbons (Fsp3) is 0.500. The minimum absolute atomic E-state index is 0.00413. The summed E-state index contributed by atoms with van der Waals surface area (Å²) in [5, 5.41) is 3.28. The lowest BCUT2D eigenvalue weighted by Gasteiger charge is -2.23. The Balaban J connectivity index is 1.78. The van der Waals surface area contributed by atoms with Gasteiger partial charge in [0, 0.05) is 11.5 Å². The summed E-state index contributed by atoms with van der Waals surface area (Å²) in [5.41, 5.74) is 0.432. The summed E-state index contributed by atoms with van der Waals surface area (Å²) < 4.78 is 26.0. The first-order valence-electron chi connectivity index (χ1n) is 6.32. The second kappa shape index (κ2) is 4.12. The average molecular weight is 251 g/mol. The van der Waals surface area contributed by atoms with E-state index in [1.165, 1.54) is 6.07 Å². The SMILES string of the molecule is O=C(c1ccc(F)c(F)c1)C1CC12CCNCC2. The molecule has 1 aromatic rings. The van der Waals surface area contributed by atoms with Crippen LogP contribution in [0.25, 0.3) is 0 Å². The third kappa shape index (κ3) is 1.85. The highest BCUT2D eigenvalue weighted by molar-refractivity contribution is 6.00. The molecule has 2 aliphatic rings. The minimum Gasteiger partial charge on any atom is -0.317 e. The van der Waals surface area contributed by atoms with Gasteiger partial charge in [-0.25, -0.2) is 8.78 Å². The van der Waals surface area contributed by atoms with Crippen molar-refractivity contribution < 1.29 is 13.6 Å². The van der Waals surface area contributed by atoms with E-state index in [1.807, 2.05) is 0 Å². The summed E-state index contributed by atoms with van der Waals surface area (Å²) in [6.07, 6.45) is 2.91. The summed E-state index contributed by atoms with van der Waals surface area (Å²) in [7, 11) is 0. The van der Waals surface area contributed by atoms with Gasteiger partial charge in [-0.05, 0) is 56.0 Å². The van der Waals surface area contributed by atoms with E-state index < -0.39 is 11.6 Å². The summed E-state index contributed by atoms with van der Waals surface area (Å²) in [6.45, 7) is 1.89. The van der Waals surface area contributed by atoms with Crippen molar-refractivity contribution in [3.63, 3.8) is 0 Å². The van der Waals surface area contributed by atoms with Gasteiger partial charge < -0.3 is 5.32 Å². The van der Waals surface area contributed by atoms with Crippen LogP contribution in [0.15, 0.2) is 18.2 Å². The van der Waals surface area contributed by atoms with Crippen LogP contribution in [0.2, 0.25) is 0 Å². The summed E-state index contributed by atoms with van der Waals surface area (Å²) in [6, 6.07) is 3.43. The monoisotopic (exact) mass is 251 g/mol. The van der Waals surface area contributed by atoms with Gasteiger partial charge in [-0.15, -0.1) is 0 Å². The number of halogens is 2. The zero-order chi connectivity index (χ0) is 12.8. The second-order valence-corrected chi connectivity index (χ2v) is 5.36. The highest BCUT2D eigenvalue weighted by atomic mass is 19.2. The van der Waals surface area contributed by atoms with Crippen molar-refractivity contribution >= 4 is 5.78 Å². The molecule has 96 valence electrons. The number of rotatable bonds is 2. The zero-order valence-corrected chi connectivity index (χ0v) is 10.0. The number of benzene rings is 1. The fourth-order valence-electron chi connectivity index (χ4n) is 3.05. The van der Waals surface area contributed by atoms with E-state index in [1.54, 1.807) is 0 Å². The number of Topliss-reactive ketones (excluding diaryl/α,β-unsaturated/α-hetero) is 1. The van der Waals surface area contributed by atoms with Gasteiger partial charge in [0.15, 0.2) is 17.4 Å². The molecule has 4 heteroatoms. The van der Waals surface area contributed by atoms with Crippen LogP contribution in [-0.2, 0) is 0 Å². The van der Waals surface area contributed by atoms with Gasteiger partial charge in [0.05, 0.1) is 0 Å². The molecule has 0 amide bonds. The van der Waals surface area contributed by atoms with Crippen molar-refractivity contribution in [3.8, 4) is 0 Å². The molecule has 1 unspecified atom stereocenters. The van der Waals surface area contributed by atoms with Gasteiger partial charge >= 0.3 is 0 Å². The van der Waals surface area contributed by atoms with E-state index in [0.717, 1.165) is 44.5 Å². The predicted molar refractivity (Wildman–Crippen MR) is 63.3 cm³/mol. The Morgan fingerprint density at radius 1 is 1.22 bits per heavy atom. The van der Waals surface area contributed by atoms with Crippen molar-refractivity contribution in [2.24, 2.45) is 11.3 Å². The molecule has 1 aromatic carbocycles. The molecule has 1 heterocycles. The highest BCUT2D eigenvalue weighted by Crippen LogP contribution is 2.59. The number of ketones is 1. The molecule has 2 nitrogen and oxygen atoms in total. The summed E-state index contributed by atoms with van der Waals surface area (Å²) in [4.78, 5) is 12.2. The Morgan fingerprint density at radius 2 is 1.94 bits per heavy atom. The molecule has 1 saturated carbocycles. The molecule has 1 spiro atoms. The first-order chi connectivity index (χ1) is 8.62. The lowest BCUT2D eigenvalue weighted by atomic mass is 9.89. The lowest BCUT2D eigenvalue weighted by molar-refractivity contribution is 0.0940. The van der Waals surface area contributed by atoms with Crippen molar-refractivity contribution in [1.29, 1.82) is 0 Å². The van der Waals surface area contributed by atoms with Crippen molar-refractivity contribution in [2.45, 2.75) is 19.3 Å². The van der Waals surface area contributed by atoms with Gasteiger partial charge in [-0.3, -0.25) is 4.79 Å². The maximum Gasteiger partial charge on any atom is 0.166 e. The molecule has 3 rings (SSSR count). The molecule has 0 radical (unpaired) electrons. The van der Waals surface area contributed by atoms with E-state index in [2.05, 4.69) is 5.32 Å². The molecule has 0 bridgehead atoms. The van der Waals surface area contributed by atoms with Gasteiger partial charge in [0.25, 0.3) is 0 Å². The van der Waals surface area contributed by atoms with Crippen LogP contribution in [0, 0.1) is 23.0 Å². The van der Waals surface area contributed by atoms with Gasteiger partial charge in [0.2, 0.25) is 0 Å². The molecule has 1 saturated heterocycles. The largest absolute Gasteiger partial charge is 0.317 e. The smallest absolute Gasteiger partial charge is 0.166 e. The lowest BCUT2D eigenvalue weighted by Crippen LogP contribution is -2.30. The summed E-state index contributed by atoms with van der Waals surface area (Å²) >= 11 is 0. The fourth-order valence-corrected chi connectivity index (χ4v) is 3.05. The van der Waals surface area contributed by atoms with Gasteiger partial charge in [0.1, 0.15) is 0 Å². The topological polar surface area (TPSA) is 29.1 Å².